The van der Waals surface area contributed by atoms with E-state index in [1.165, 1.54) is 17.0 Å². The maximum absolute atomic E-state index is 12.2. The topological polar surface area (TPSA) is 121 Å². The van der Waals surface area contributed by atoms with Gasteiger partial charge in [0.15, 0.2) is 11.4 Å². The number of carbonyl (C=O) groups is 1. The lowest BCUT2D eigenvalue weighted by atomic mass is 10.1. The average Bonchev–Trinajstić information content (AvgIpc) is 2.89. The SMILES string of the molecule is CC#CC(CC)=Nc1c(O)[nH]c(O)c1Nc1cccc(C(=O)N(C)C)c1O. The van der Waals surface area contributed by atoms with Gasteiger partial charge in [0.1, 0.15) is 5.69 Å². The van der Waals surface area contributed by atoms with Crippen molar-refractivity contribution in [2.75, 3.05) is 19.4 Å². The van der Waals surface area contributed by atoms with E-state index in [0.29, 0.717) is 12.1 Å². The molecule has 5 N–H and O–H groups in total. The summed E-state index contributed by atoms with van der Waals surface area (Å²) in [5.41, 5.74) is 0.890. The van der Waals surface area contributed by atoms with Crippen LogP contribution in [-0.2, 0) is 0 Å². The Kier molecular flexibility index (Phi) is 5.98. The Bertz CT molecular complexity index is 949. The van der Waals surface area contributed by atoms with Crippen molar-refractivity contribution in [1.29, 1.82) is 0 Å². The Labute approximate surface area is 157 Å². The van der Waals surface area contributed by atoms with Gasteiger partial charge in [0.2, 0.25) is 11.8 Å². The highest BCUT2D eigenvalue weighted by Crippen LogP contribution is 2.45. The second kappa shape index (κ2) is 8.19. The lowest BCUT2D eigenvalue weighted by Crippen LogP contribution is -2.21. The summed E-state index contributed by atoms with van der Waals surface area (Å²) in [4.78, 5) is 20.2. The molecule has 27 heavy (non-hydrogen) atoms. The molecule has 2 aromatic rings. The third kappa shape index (κ3) is 4.15. The van der Waals surface area contributed by atoms with Gasteiger partial charge in [-0.25, -0.2) is 4.99 Å². The number of aromatic hydroxyl groups is 3. The van der Waals surface area contributed by atoms with E-state index < -0.39 is 0 Å². The van der Waals surface area contributed by atoms with Crippen LogP contribution in [0, 0.1) is 11.8 Å². The number of phenols is 1. The van der Waals surface area contributed by atoms with Crippen molar-refractivity contribution in [3.05, 3.63) is 23.8 Å². The molecule has 0 aliphatic carbocycles. The summed E-state index contributed by atoms with van der Waals surface area (Å²) >= 11 is 0. The minimum absolute atomic E-state index is 0.0517. The van der Waals surface area contributed by atoms with Crippen molar-refractivity contribution in [3.8, 4) is 29.4 Å². The molecule has 0 unspecified atom stereocenters. The van der Waals surface area contributed by atoms with Crippen LogP contribution in [0.5, 0.6) is 17.5 Å². The highest BCUT2D eigenvalue weighted by atomic mass is 16.3. The number of anilines is 2. The largest absolute Gasteiger partial charge is 0.505 e. The van der Waals surface area contributed by atoms with E-state index in [2.05, 4.69) is 27.1 Å². The third-order valence-corrected chi connectivity index (χ3v) is 3.72. The molecular formula is C19H22N4O4. The molecule has 1 amide bonds. The van der Waals surface area contributed by atoms with Crippen LogP contribution in [0.4, 0.5) is 17.1 Å². The van der Waals surface area contributed by atoms with Crippen LogP contribution in [0.3, 0.4) is 0 Å². The number of H-pyrrole nitrogens is 1. The summed E-state index contributed by atoms with van der Waals surface area (Å²) in [5, 5.41) is 33.4. The highest BCUT2D eigenvalue weighted by Gasteiger charge is 2.21. The predicted molar refractivity (Wildman–Crippen MR) is 104 cm³/mol. The van der Waals surface area contributed by atoms with Crippen LogP contribution in [-0.4, -0.2) is 50.9 Å². The van der Waals surface area contributed by atoms with Crippen molar-refractivity contribution in [2.24, 2.45) is 4.99 Å². The van der Waals surface area contributed by atoms with E-state index in [0.717, 1.165) is 0 Å². The first-order chi connectivity index (χ1) is 12.8. The Balaban J connectivity index is 2.52. The second-order valence-electron chi connectivity index (χ2n) is 5.86. The van der Waals surface area contributed by atoms with Crippen molar-refractivity contribution in [2.45, 2.75) is 20.3 Å². The van der Waals surface area contributed by atoms with E-state index in [-0.39, 0.29) is 46.0 Å². The number of hydrogen-bond acceptors (Lipinski definition) is 6. The van der Waals surface area contributed by atoms with Gasteiger partial charge in [0, 0.05) is 14.1 Å². The Morgan fingerprint density at radius 1 is 1.26 bits per heavy atom. The third-order valence-electron chi connectivity index (χ3n) is 3.72. The van der Waals surface area contributed by atoms with Gasteiger partial charge in [-0.1, -0.05) is 18.9 Å². The molecule has 0 radical (unpaired) electrons. The molecule has 0 bridgehead atoms. The lowest BCUT2D eigenvalue weighted by molar-refractivity contribution is 0.0824. The van der Waals surface area contributed by atoms with Crippen LogP contribution < -0.4 is 5.32 Å². The van der Waals surface area contributed by atoms with Gasteiger partial charge in [0.25, 0.3) is 5.91 Å². The van der Waals surface area contributed by atoms with E-state index >= 15 is 0 Å². The molecule has 0 spiro atoms. The normalized spacial score (nSPS) is 10.9. The first kappa shape index (κ1) is 19.7. The molecule has 2 rings (SSSR count). The summed E-state index contributed by atoms with van der Waals surface area (Å²) in [6.07, 6.45) is 0.531. The highest BCUT2D eigenvalue weighted by molar-refractivity contribution is 6.03. The summed E-state index contributed by atoms with van der Waals surface area (Å²) in [6.45, 7) is 3.53. The lowest BCUT2D eigenvalue weighted by Gasteiger charge is -2.14. The van der Waals surface area contributed by atoms with Crippen molar-refractivity contribution in [3.63, 3.8) is 0 Å². The number of hydrogen-bond donors (Lipinski definition) is 5. The minimum Gasteiger partial charge on any atom is -0.505 e. The number of para-hydroxylation sites is 1. The monoisotopic (exact) mass is 370 g/mol. The molecule has 0 saturated heterocycles. The molecule has 0 atom stereocenters. The van der Waals surface area contributed by atoms with Crippen molar-refractivity contribution in [1.82, 2.24) is 9.88 Å². The number of aromatic nitrogens is 1. The number of phenolic OH excluding ortho intramolecular Hbond substituents is 1. The zero-order chi connectivity index (χ0) is 20.1. The van der Waals surface area contributed by atoms with Gasteiger partial charge in [-0.2, -0.15) is 0 Å². The number of benzene rings is 1. The van der Waals surface area contributed by atoms with E-state index in [4.69, 9.17) is 0 Å². The molecular weight excluding hydrogens is 348 g/mol. The summed E-state index contributed by atoms with van der Waals surface area (Å²) < 4.78 is 0. The van der Waals surface area contributed by atoms with Crippen LogP contribution in [0.1, 0.15) is 30.6 Å². The van der Waals surface area contributed by atoms with Gasteiger partial charge in [-0.05, 0) is 25.5 Å². The van der Waals surface area contributed by atoms with Gasteiger partial charge in [-0.3, -0.25) is 9.78 Å². The molecule has 142 valence electrons. The van der Waals surface area contributed by atoms with Crippen molar-refractivity contribution >= 4 is 28.7 Å². The molecule has 1 heterocycles. The molecule has 0 aliphatic rings. The standard InChI is InChI=1S/C19H22N4O4/c1-5-8-11(6-2)20-14-15(18(26)22-17(14)25)21-13-10-7-9-12(16(13)24)19(27)23(3)4/h7,9-10,21-22,24-26H,6H2,1-4H3. The fourth-order valence-corrected chi connectivity index (χ4v) is 2.36. The molecule has 8 heteroatoms. The number of amides is 1. The van der Waals surface area contributed by atoms with Crippen LogP contribution >= 0.6 is 0 Å². The quantitative estimate of drug-likeness (QED) is 0.315. The van der Waals surface area contributed by atoms with Crippen molar-refractivity contribution < 1.29 is 20.1 Å². The number of carbonyl (C=O) groups excluding carboxylic acids is 1. The molecule has 8 nitrogen and oxygen atoms in total. The Morgan fingerprint density at radius 3 is 2.56 bits per heavy atom. The average molecular weight is 370 g/mol. The molecule has 0 saturated carbocycles. The first-order valence-electron chi connectivity index (χ1n) is 8.24. The van der Waals surface area contributed by atoms with Gasteiger partial charge in [-0.15, -0.1) is 5.92 Å². The minimum atomic E-state index is -0.373. The van der Waals surface area contributed by atoms with E-state index in [9.17, 15) is 20.1 Å². The number of aromatic amines is 1. The Morgan fingerprint density at radius 2 is 1.96 bits per heavy atom. The molecule has 0 aliphatic heterocycles. The van der Waals surface area contributed by atoms with Crippen LogP contribution in [0.2, 0.25) is 0 Å². The first-order valence-corrected chi connectivity index (χ1v) is 8.24. The van der Waals surface area contributed by atoms with Crippen LogP contribution in [0.15, 0.2) is 23.2 Å². The van der Waals surface area contributed by atoms with Gasteiger partial charge < -0.3 is 25.5 Å². The summed E-state index contributed by atoms with van der Waals surface area (Å²) in [7, 11) is 3.15. The summed E-state index contributed by atoms with van der Waals surface area (Å²) in [5.74, 6) is 4.19. The number of aliphatic imine (C=N–C) groups is 1. The molecule has 0 fully saturated rings. The number of nitrogens with one attached hydrogen (secondary N) is 2. The molecule has 1 aromatic carbocycles. The maximum atomic E-state index is 12.2. The molecule has 1 aromatic heterocycles. The van der Waals surface area contributed by atoms with E-state index in [1.807, 2.05) is 6.92 Å². The fourth-order valence-electron chi connectivity index (χ4n) is 2.36. The van der Waals surface area contributed by atoms with Gasteiger partial charge in [0.05, 0.1) is 17.0 Å². The summed E-state index contributed by atoms with van der Waals surface area (Å²) in [6, 6.07) is 4.61. The number of rotatable bonds is 5. The van der Waals surface area contributed by atoms with Gasteiger partial charge >= 0.3 is 0 Å². The fraction of sp³-hybridized carbons (Fsp3) is 0.263. The second-order valence-corrected chi connectivity index (χ2v) is 5.86. The zero-order valence-corrected chi connectivity index (χ0v) is 15.6. The maximum Gasteiger partial charge on any atom is 0.257 e. The van der Waals surface area contributed by atoms with Crippen LogP contribution in [0.25, 0.3) is 0 Å². The number of nitrogens with zero attached hydrogens (tertiary/aromatic N) is 2. The van der Waals surface area contributed by atoms with E-state index in [1.54, 1.807) is 27.1 Å². The smallest absolute Gasteiger partial charge is 0.257 e. The predicted octanol–water partition coefficient (Wildman–Crippen LogP) is 3.08. The Hall–Kier alpha value is -3.60. The zero-order valence-electron chi connectivity index (χ0n) is 15.6.